The molecule has 0 unspecified atom stereocenters. The highest BCUT2D eigenvalue weighted by atomic mass is 32.1. The molecule has 6 heteroatoms. The molecule has 0 spiro atoms. The normalized spacial score (nSPS) is 24.4. The summed E-state index contributed by atoms with van der Waals surface area (Å²) in [4.78, 5) is 30.5. The zero-order valence-electron chi connectivity index (χ0n) is 15.4. The molecule has 0 N–H and O–H groups in total. The van der Waals surface area contributed by atoms with Gasteiger partial charge in [-0.25, -0.2) is 4.79 Å². The van der Waals surface area contributed by atoms with Crippen LogP contribution in [0.15, 0.2) is 17.5 Å². The Labute approximate surface area is 153 Å². The lowest BCUT2D eigenvalue weighted by Gasteiger charge is -2.36. The van der Waals surface area contributed by atoms with Crippen LogP contribution in [0, 0.1) is 5.92 Å². The number of piperidine rings is 1. The van der Waals surface area contributed by atoms with Gasteiger partial charge in [0.1, 0.15) is 5.60 Å². The molecule has 2 amide bonds. The van der Waals surface area contributed by atoms with E-state index in [1.165, 1.54) is 4.88 Å². The van der Waals surface area contributed by atoms with Crippen LogP contribution < -0.4 is 0 Å². The molecule has 0 radical (unpaired) electrons. The van der Waals surface area contributed by atoms with Crippen molar-refractivity contribution in [2.24, 2.45) is 5.92 Å². The zero-order chi connectivity index (χ0) is 18.0. The van der Waals surface area contributed by atoms with Crippen LogP contribution in [-0.4, -0.2) is 47.0 Å². The second kappa shape index (κ2) is 7.36. The molecule has 5 nitrogen and oxygen atoms in total. The van der Waals surface area contributed by atoms with E-state index in [-0.39, 0.29) is 24.0 Å². The molecule has 2 atom stereocenters. The fourth-order valence-electron chi connectivity index (χ4n) is 3.71. The van der Waals surface area contributed by atoms with Crippen molar-refractivity contribution < 1.29 is 14.3 Å². The molecule has 2 aliphatic heterocycles. The van der Waals surface area contributed by atoms with Crippen LogP contribution in [0.2, 0.25) is 0 Å². The highest BCUT2D eigenvalue weighted by Gasteiger charge is 2.37. The molecular formula is C19H28N2O3S. The van der Waals surface area contributed by atoms with Gasteiger partial charge in [-0.1, -0.05) is 6.07 Å². The summed E-state index contributed by atoms with van der Waals surface area (Å²) >= 11 is 1.72. The maximum Gasteiger partial charge on any atom is 0.410 e. The van der Waals surface area contributed by atoms with Crippen LogP contribution in [0.25, 0.3) is 0 Å². The molecule has 25 heavy (non-hydrogen) atoms. The molecule has 3 rings (SSSR count). The minimum atomic E-state index is -0.507. The van der Waals surface area contributed by atoms with E-state index in [0.29, 0.717) is 13.1 Å². The number of ether oxygens (including phenoxy) is 1. The quantitative estimate of drug-likeness (QED) is 0.795. The van der Waals surface area contributed by atoms with Gasteiger partial charge in [0.2, 0.25) is 5.91 Å². The standard InChI is InChI=1S/C19H28N2O3S/c1-19(2,3)24-18(23)20-10-4-7-14(13-20)17(22)21-11-5-8-15(21)16-9-6-12-25-16/h6,9,12,14-15H,4-5,7-8,10-11,13H2,1-3H3/t14-,15+/m1/s1. The van der Waals surface area contributed by atoms with Crippen LogP contribution in [-0.2, 0) is 9.53 Å². The smallest absolute Gasteiger partial charge is 0.410 e. The third-order valence-electron chi connectivity index (χ3n) is 4.83. The van der Waals surface area contributed by atoms with E-state index in [4.69, 9.17) is 4.74 Å². The molecule has 0 aliphatic carbocycles. The van der Waals surface area contributed by atoms with Crippen LogP contribution in [0.3, 0.4) is 0 Å². The molecule has 1 aromatic heterocycles. The monoisotopic (exact) mass is 364 g/mol. The first-order valence-electron chi connectivity index (χ1n) is 9.17. The lowest BCUT2D eigenvalue weighted by molar-refractivity contribution is -0.138. The third kappa shape index (κ3) is 4.35. The van der Waals surface area contributed by atoms with Gasteiger partial charge in [0.25, 0.3) is 0 Å². The van der Waals surface area contributed by atoms with Gasteiger partial charge in [-0.3, -0.25) is 4.79 Å². The van der Waals surface area contributed by atoms with E-state index in [1.54, 1.807) is 16.2 Å². The van der Waals surface area contributed by atoms with E-state index in [0.717, 1.165) is 32.2 Å². The maximum atomic E-state index is 13.1. The predicted octanol–water partition coefficient (Wildman–Crippen LogP) is 4.06. The minimum absolute atomic E-state index is 0.109. The van der Waals surface area contributed by atoms with Crippen LogP contribution in [0.4, 0.5) is 4.79 Å². The first kappa shape index (κ1) is 18.2. The Morgan fingerprint density at radius 2 is 1.96 bits per heavy atom. The number of amides is 2. The lowest BCUT2D eigenvalue weighted by atomic mass is 9.96. The second-order valence-corrected chi connectivity index (χ2v) is 8.95. The van der Waals surface area contributed by atoms with Gasteiger partial charge in [0.15, 0.2) is 0 Å². The van der Waals surface area contributed by atoms with E-state index < -0.39 is 5.60 Å². The highest BCUT2D eigenvalue weighted by molar-refractivity contribution is 7.10. The number of thiophene rings is 1. The van der Waals surface area contributed by atoms with Crippen molar-refractivity contribution in [2.75, 3.05) is 19.6 Å². The molecule has 3 heterocycles. The summed E-state index contributed by atoms with van der Waals surface area (Å²) in [6, 6.07) is 4.38. The number of hydrogen-bond donors (Lipinski definition) is 0. The van der Waals surface area contributed by atoms with Crippen molar-refractivity contribution in [2.45, 2.75) is 58.1 Å². The topological polar surface area (TPSA) is 49.9 Å². The number of likely N-dealkylation sites (tertiary alicyclic amines) is 2. The number of carbonyl (C=O) groups is 2. The molecule has 0 bridgehead atoms. The third-order valence-corrected chi connectivity index (χ3v) is 5.80. The van der Waals surface area contributed by atoms with Gasteiger partial charge >= 0.3 is 6.09 Å². The summed E-state index contributed by atoms with van der Waals surface area (Å²) in [5.41, 5.74) is -0.507. The lowest BCUT2D eigenvalue weighted by Crippen LogP contribution is -2.47. The van der Waals surface area contributed by atoms with Crippen molar-refractivity contribution in [1.82, 2.24) is 9.80 Å². The molecule has 0 saturated carbocycles. The second-order valence-electron chi connectivity index (χ2n) is 7.97. The van der Waals surface area contributed by atoms with Gasteiger partial charge in [-0.15, -0.1) is 11.3 Å². The van der Waals surface area contributed by atoms with Crippen molar-refractivity contribution in [3.05, 3.63) is 22.4 Å². The Kier molecular flexibility index (Phi) is 5.37. The average Bonchev–Trinajstić information content (AvgIpc) is 3.23. The van der Waals surface area contributed by atoms with Crippen molar-refractivity contribution >= 4 is 23.3 Å². The molecule has 0 aromatic carbocycles. The molecular weight excluding hydrogens is 336 g/mol. The first-order chi connectivity index (χ1) is 11.8. The molecule has 138 valence electrons. The summed E-state index contributed by atoms with van der Waals surface area (Å²) < 4.78 is 5.47. The zero-order valence-corrected chi connectivity index (χ0v) is 16.2. The average molecular weight is 365 g/mol. The molecule has 2 aliphatic rings. The SMILES string of the molecule is CC(C)(C)OC(=O)N1CCC[C@@H](C(=O)N2CCC[C@H]2c2cccs2)C1. The van der Waals surface area contributed by atoms with Gasteiger partial charge in [-0.2, -0.15) is 0 Å². The predicted molar refractivity (Wildman–Crippen MR) is 98.5 cm³/mol. The fourth-order valence-corrected chi connectivity index (χ4v) is 4.59. The van der Waals surface area contributed by atoms with Crippen LogP contribution >= 0.6 is 11.3 Å². The molecule has 2 saturated heterocycles. The van der Waals surface area contributed by atoms with Gasteiger partial charge in [0.05, 0.1) is 12.0 Å². The molecule has 1 aromatic rings. The number of hydrogen-bond acceptors (Lipinski definition) is 4. The largest absolute Gasteiger partial charge is 0.444 e. The Morgan fingerprint density at radius 1 is 1.20 bits per heavy atom. The summed E-state index contributed by atoms with van der Waals surface area (Å²) in [6.07, 6.45) is 3.49. The van der Waals surface area contributed by atoms with Gasteiger partial charge in [-0.05, 0) is 57.9 Å². The van der Waals surface area contributed by atoms with Crippen molar-refractivity contribution in [3.63, 3.8) is 0 Å². The first-order valence-corrected chi connectivity index (χ1v) is 10.0. The van der Waals surface area contributed by atoms with E-state index in [9.17, 15) is 9.59 Å². The Bertz CT molecular complexity index is 609. The Balaban J connectivity index is 1.64. The van der Waals surface area contributed by atoms with E-state index in [2.05, 4.69) is 11.4 Å². The van der Waals surface area contributed by atoms with Crippen molar-refractivity contribution in [1.29, 1.82) is 0 Å². The highest BCUT2D eigenvalue weighted by Crippen LogP contribution is 2.36. The number of rotatable bonds is 2. The maximum absolute atomic E-state index is 13.1. The van der Waals surface area contributed by atoms with E-state index in [1.807, 2.05) is 31.7 Å². The minimum Gasteiger partial charge on any atom is -0.444 e. The number of carbonyl (C=O) groups excluding carboxylic acids is 2. The van der Waals surface area contributed by atoms with Gasteiger partial charge in [0, 0.05) is 24.5 Å². The summed E-state index contributed by atoms with van der Waals surface area (Å²) in [7, 11) is 0. The van der Waals surface area contributed by atoms with E-state index >= 15 is 0 Å². The van der Waals surface area contributed by atoms with Crippen LogP contribution in [0.5, 0.6) is 0 Å². The number of nitrogens with zero attached hydrogens (tertiary/aromatic N) is 2. The summed E-state index contributed by atoms with van der Waals surface area (Å²) in [5.74, 6) is 0.0889. The molecule has 2 fully saturated rings. The van der Waals surface area contributed by atoms with Gasteiger partial charge < -0.3 is 14.5 Å². The van der Waals surface area contributed by atoms with Crippen molar-refractivity contribution in [3.8, 4) is 0 Å². The Hall–Kier alpha value is -1.56. The van der Waals surface area contributed by atoms with Crippen LogP contribution in [0.1, 0.15) is 57.4 Å². The Morgan fingerprint density at radius 3 is 2.64 bits per heavy atom. The summed E-state index contributed by atoms with van der Waals surface area (Å²) in [5, 5.41) is 2.07. The summed E-state index contributed by atoms with van der Waals surface area (Å²) in [6.45, 7) is 7.58. The fraction of sp³-hybridized carbons (Fsp3) is 0.684.